The lowest BCUT2D eigenvalue weighted by atomic mass is 9.91. The number of rotatable bonds is 4. The summed E-state index contributed by atoms with van der Waals surface area (Å²) in [6.07, 6.45) is 1.72. The lowest BCUT2D eigenvalue weighted by molar-refractivity contribution is -0.116. The van der Waals surface area contributed by atoms with Crippen LogP contribution in [-0.4, -0.2) is 31.4 Å². The van der Waals surface area contributed by atoms with Gasteiger partial charge in [-0.25, -0.2) is 4.39 Å². The molecule has 1 atom stereocenters. The van der Waals surface area contributed by atoms with Crippen molar-refractivity contribution in [2.75, 3.05) is 10.6 Å². The molecule has 1 aromatic carbocycles. The summed E-state index contributed by atoms with van der Waals surface area (Å²) < 4.78 is 21.7. The van der Waals surface area contributed by atoms with Crippen molar-refractivity contribution < 1.29 is 18.4 Å². The highest BCUT2D eigenvalue weighted by Gasteiger charge is 2.35. The fourth-order valence-corrected chi connectivity index (χ4v) is 3.93. The Hall–Kier alpha value is -4.21. The average molecular weight is 434 g/mol. The van der Waals surface area contributed by atoms with Crippen molar-refractivity contribution in [1.82, 2.24) is 19.6 Å². The molecule has 2 amide bonds. The topological polar surface area (TPSA) is 107 Å². The number of amides is 2. The largest absolute Gasteiger partial charge is 0.469 e. The van der Waals surface area contributed by atoms with Gasteiger partial charge in [-0.1, -0.05) is 0 Å². The number of fused-ring (bicyclic) bond motifs is 1. The Morgan fingerprint density at radius 2 is 1.97 bits per heavy atom. The molecule has 162 valence electrons. The predicted molar refractivity (Wildman–Crippen MR) is 114 cm³/mol. The van der Waals surface area contributed by atoms with Crippen LogP contribution in [0.2, 0.25) is 0 Å². The monoisotopic (exact) mass is 434 g/mol. The summed E-state index contributed by atoms with van der Waals surface area (Å²) >= 11 is 0. The summed E-state index contributed by atoms with van der Waals surface area (Å²) in [5.74, 6) is 0.164. The molecule has 0 spiro atoms. The molecule has 9 nitrogen and oxygen atoms in total. The van der Waals surface area contributed by atoms with Gasteiger partial charge in [0.25, 0.3) is 5.91 Å². The standard InChI is InChI=1S/C22H19FN6O3/c1-28-16(11-15(26-28)12-5-7-13(23)8-6-12)22(31)25-20-19-14(17-4-3-9-32-17)10-18(30)24-21(19)29(2)27-20/h3-9,11,14H,10H2,1-2H3,(H,24,30)(H,25,27,31)/t14-/m0/s1. The number of hydrogen-bond acceptors (Lipinski definition) is 5. The zero-order valence-electron chi connectivity index (χ0n) is 17.3. The van der Waals surface area contributed by atoms with Crippen LogP contribution in [0.25, 0.3) is 11.3 Å². The van der Waals surface area contributed by atoms with Gasteiger partial charge in [0, 0.05) is 26.1 Å². The van der Waals surface area contributed by atoms with Crippen LogP contribution in [0.5, 0.6) is 0 Å². The van der Waals surface area contributed by atoms with E-state index in [1.54, 1.807) is 50.7 Å². The Morgan fingerprint density at radius 3 is 2.69 bits per heavy atom. The molecule has 4 heterocycles. The molecule has 3 aromatic heterocycles. The van der Waals surface area contributed by atoms with Gasteiger partial charge in [-0.2, -0.15) is 10.2 Å². The van der Waals surface area contributed by atoms with Crippen molar-refractivity contribution in [3.05, 3.63) is 71.6 Å². The second kappa shape index (κ2) is 7.49. The van der Waals surface area contributed by atoms with Crippen molar-refractivity contribution in [3.63, 3.8) is 0 Å². The molecule has 0 radical (unpaired) electrons. The molecule has 0 saturated carbocycles. The Bertz CT molecular complexity index is 1320. The lowest BCUT2D eigenvalue weighted by Gasteiger charge is -2.22. The number of aromatic nitrogens is 4. The van der Waals surface area contributed by atoms with E-state index in [1.165, 1.54) is 21.5 Å². The highest BCUT2D eigenvalue weighted by atomic mass is 19.1. The van der Waals surface area contributed by atoms with Crippen LogP contribution < -0.4 is 10.6 Å². The minimum Gasteiger partial charge on any atom is -0.469 e. The van der Waals surface area contributed by atoms with E-state index in [1.807, 2.05) is 0 Å². The summed E-state index contributed by atoms with van der Waals surface area (Å²) in [6, 6.07) is 11.1. The van der Waals surface area contributed by atoms with Crippen molar-refractivity contribution in [1.29, 1.82) is 0 Å². The van der Waals surface area contributed by atoms with Crippen LogP contribution in [0.15, 0.2) is 53.1 Å². The molecule has 5 rings (SSSR count). The summed E-state index contributed by atoms with van der Waals surface area (Å²) in [5, 5.41) is 14.4. The number of halogens is 1. The van der Waals surface area contributed by atoms with Crippen LogP contribution in [0.1, 0.15) is 34.2 Å². The van der Waals surface area contributed by atoms with Gasteiger partial charge in [0.1, 0.15) is 23.1 Å². The molecule has 0 unspecified atom stereocenters. The first-order valence-corrected chi connectivity index (χ1v) is 9.92. The van der Waals surface area contributed by atoms with Crippen LogP contribution in [-0.2, 0) is 18.9 Å². The smallest absolute Gasteiger partial charge is 0.275 e. The van der Waals surface area contributed by atoms with Gasteiger partial charge in [-0.05, 0) is 42.5 Å². The Morgan fingerprint density at radius 1 is 1.19 bits per heavy atom. The van der Waals surface area contributed by atoms with E-state index in [0.717, 1.165) is 0 Å². The maximum atomic E-state index is 13.2. The Labute approximate surface area is 181 Å². The van der Waals surface area contributed by atoms with E-state index < -0.39 is 5.91 Å². The highest BCUT2D eigenvalue weighted by Crippen LogP contribution is 2.41. The number of nitrogens with zero attached hydrogens (tertiary/aromatic N) is 4. The molecule has 0 aliphatic carbocycles. The molecule has 4 aromatic rings. The zero-order valence-corrected chi connectivity index (χ0v) is 17.3. The van der Waals surface area contributed by atoms with E-state index >= 15 is 0 Å². The van der Waals surface area contributed by atoms with Gasteiger partial charge in [0.05, 0.1) is 23.4 Å². The number of carbonyl (C=O) groups is 2. The normalized spacial score (nSPS) is 15.3. The van der Waals surface area contributed by atoms with Gasteiger partial charge in [0.15, 0.2) is 5.82 Å². The minimum atomic E-state index is -0.413. The maximum absolute atomic E-state index is 13.2. The molecule has 10 heteroatoms. The van der Waals surface area contributed by atoms with E-state index in [2.05, 4.69) is 20.8 Å². The van der Waals surface area contributed by atoms with E-state index in [9.17, 15) is 14.0 Å². The van der Waals surface area contributed by atoms with Crippen molar-refractivity contribution >= 4 is 23.5 Å². The average Bonchev–Trinajstić information content (AvgIpc) is 3.49. The Balaban J connectivity index is 1.48. The molecule has 0 saturated heterocycles. The van der Waals surface area contributed by atoms with E-state index in [0.29, 0.717) is 39.9 Å². The molecule has 1 aliphatic heterocycles. The van der Waals surface area contributed by atoms with Crippen LogP contribution >= 0.6 is 0 Å². The summed E-state index contributed by atoms with van der Waals surface area (Å²) in [4.78, 5) is 25.3. The predicted octanol–water partition coefficient (Wildman–Crippen LogP) is 3.28. The Kier molecular flexibility index (Phi) is 4.62. The van der Waals surface area contributed by atoms with Crippen LogP contribution in [0.4, 0.5) is 16.0 Å². The first-order chi connectivity index (χ1) is 15.4. The van der Waals surface area contributed by atoms with Crippen molar-refractivity contribution in [2.24, 2.45) is 14.1 Å². The minimum absolute atomic E-state index is 0.157. The number of nitrogens with one attached hydrogen (secondary N) is 2. The third-order valence-electron chi connectivity index (χ3n) is 5.45. The van der Waals surface area contributed by atoms with E-state index in [4.69, 9.17) is 4.42 Å². The molecular formula is C22H19FN6O3. The molecule has 32 heavy (non-hydrogen) atoms. The fraction of sp³-hybridized carbons (Fsp3) is 0.182. The number of aryl methyl sites for hydroxylation is 2. The molecule has 0 bridgehead atoms. The third kappa shape index (κ3) is 3.35. The summed E-state index contributed by atoms with van der Waals surface area (Å²) in [7, 11) is 3.34. The van der Waals surface area contributed by atoms with Gasteiger partial charge in [-0.3, -0.25) is 19.0 Å². The summed E-state index contributed by atoms with van der Waals surface area (Å²) in [5.41, 5.74) is 2.22. The van der Waals surface area contributed by atoms with Gasteiger partial charge >= 0.3 is 0 Å². The van der Waals surface area contributed by atoms with Crippen molar-refractivity contribution in [2.45, 2.75) is 12.3 Å². The SMILES string of the molecule is Cn1nc(-c2ccc(F)cc2)cc1C(=O)Nc1nn(C)c2c1[C@H](c1ccco1)CC(=O)N2. The van der Waals surface area contributed by atoms with Gasteiger partial charge in [0.2, 0.25) is 5.91 Å². The zero-order chi connectivity index (χ0) is 22.4. The second-order valence-corrected chi connectivity index (χ2v) is 7.55. The number of benzene rings is 1. The van der Waals surface area contributed by atoms with Crippen LogP contribution in [0, 0.1) is 5.82 Å². The first kappa shape index (κ1) is 19.7. The number of anilines is 2. The van der Waals surface area contributed by atoms with E-state index in [-0.39, 0.29) is 24.1 Å². The molecule has 0 fully saturated rings. The first-order valence-electron chi connectivity index (χ1n) is 9.92. The fourth-order valence-electron chi connectivity index (χ4n) is 3.93. The number of carbonyl (C=O) groups excluding carboxylic acids is 2. The lowest BCUT2D eigenvalue weighted by Crippen LogP contribution is -2.25. The number of furan rings is 1. The quantitative estimate of drug-likeness (QED) is 0.513. The van der Waals surface area contributed by atoms with Gasteiger partial charge < -0.3 is 15.1 Å². The highest BCUT2D eigenvalue weighted by molar-refractivity contribution is 6.05. The van der Waals surface area contributed by atoms with Gasteiger partial charge in [-0.15, -0.1) is 0 Å². The third-order valence-corrected chi connectivity index (χ3v) is 5.45. The summed E-state index contributed by atoms with van der Waals surface area (Å²) in [6.45, 7) is 0. The van der Waals surface area contributed by atoms with Crippen LogP contribution in [0.3, 0.4) is 0 Å². The molecular weight excluding hydrogens is 415 g/mol. The molecule has 2 N–H and O–H groups in total. The molecule has 1 aliphatic rings. The number of hydrogen-bond donors (Lipinski definition) is 2. The van der Waals surface area contributed by atoms with Crippen molar-refractivity contribution in [3.8, 4) is 11.3 Å². The maximum Gasteiger partial charge on any atom is 0.275 e. The second-order valence-electron chi connectivity index (χ2n) is 7.55.